The van der Waals surface area contributed by atoms with Gasteiger partial charge in [-0.2, -0.15) is 0 Å². The van der Waals surface area contributed by atoms with Gasteiger partial charge in [-0.05, 0) is 25.0 Å². The molecule has 0 spiro atoms. The first-order chi connectivity index (χ1) is 6.30. The lowest BCUT2D eigenvalue weighted by molar-refractivity contribution is 0.145. The molecule has 0 atom stereocenters. The van der Waals surface area contributed by atoms with Crippen LogP contribution < -0.4 is 0 Å². The van der Waals surface area contributed by atoms with E-state index >= 15 is 0 Å². The van der Waals surface area contributed by atoms with E-state index in [1.165, 1.54) is 0 Å². The topological polar surface area (TPSA) is 37.5 Å². The number of aromatic nitrogens is 2. The SMILES string of the molecule is OC1(c2cnc3ccccn23)CC1. The molecule has 1 aliphatic carbocycles. The van der Waals surface area contributed by atoms with Crippen LogP contribution >= 0.6 is 0 Å². The van der Waals surface area contributed by atoms with Crippen molar-refractivity contribution in [2.24, 2.45) is 0 Å². The van der Waals surface area contributed by atoms with E-state index in [-0.39, 0.29) is 0 Å². The molecule has 2 aromatic heterocycles. The number of pyridine rings is 1. The molecule has 2 aromatic rings. The summed E-state index contributed by atoms with van der Waals surface area (Å²) in [5.41, 5.74) is 1.22. The Labute approximate surface area is 75.7 Å². The van der Waals surface area contributed by atoms with Gasteiger partial charge < -0.3 is 9.51 Å². The van der Waals surface area contributed by atoms with Crippen LogP contribution in [0.2, 0.25) is 0 Å². The highest BCUT2D eigenvalue weighted by molar-refractivity contribution is 5.42. The lowest BCUT2D eigenvalue weighted by Crippen LogP contribution is -2.07. The molecule has 1 aliphatic rings. The van der Waals surface area contributed by atoms with E-state index in [1.807, 2.05) is 28.8 Å². The fourth-order valence-electron chi connectivity index (χ4n) is 1.65. The Bertz CT molecular complexity index is 457. The minimum absolute atomic E-state index is 0.596. The highest BCUT2D eigenvalue weighted by Crippen LogP contribution is 2.45. The van der Waals surface area contributed by atoms with E-state index < -0.39 is 5.60 Å². The van der Waals surface area contributed by atoms with E-state index in [4.69, 9.17) is 0 Å². The molecule has 3 heteroatoms. The van der Waals surface area contributed by atoms with Crippen molar-refractivity contribution in [1.82, 2.24) is 9.38 Å². The zero-order valence-electron chi connectivity index (χ0n) is 7.14. The highest BCUT2D eigenvalue weighted by Gasteiger charge is 2.44. The molecule has 0 bridgehead atoms. The predicted octanol–water partition coefficient (Wildman–Crippen LogP) is 1.32. The standard InChI is InChI=1S/C10H10N2O/c13-10(4-5-10)8-7-11-9-3-1-2-6-12(8)9/h1-3,6-7,13H,4-5H2. The maximum atomic E-state index is 9.93. The summed E-state index contributed by atoms with van der Waals surface area (Å²) in [6.07, 6.45) is 5.42. The Kier molecular flexibility index (Phi) is 1.15. The van der Waals surface area contributed by atoms with Crippen LogP contribution in [0, 0.1) is 0 Å². The normalized spacial score (nSPS) is 19.2. The molecular weight excluding hydrogens is 164 g/mol. The van der Waals surface area contributed by atoms with Crippen LogP contribution in [-0.2, 0) is 5.60 Å². The maximum absolute atomic E-state index is 9.93. The van der Waals surface area contributed by atoms with Gasteiger partial charge in [0.15, 0.2) is 0 Å². The van der Waals surface area contributed by atoms with Crippen LogP contribution in [0.3, 0.4) is 0 Å². The van der Waals surface area contributed by atoms with Crippen LogP contribution in [0.4, 0.5) is 0 Å². The second kappa shape index (κ2) is 2.12. The quantitative estimate of drug-likeness (QED) is 0.707. The smallest absolute Gasteiger partial charge is 0.136 e. The Morgan fingerprint density at radius 3 is 3.00 bits per heavy atom. The van der Waals surface area contributed by atoms with Gasteiger partial charge in [0, 0.05) is 6.20 Å². The molecule has 0 amide bonds. The van der Waals surface area contributed by atoms with Crippen LogP contribution in [-0.4, -0.2) is 14.5 Å². The summed E-state index contributed by atoms with van der Waals surface area (Å²) < 4.78 is 1.95. The number of nitrogens with zero attached hydrogens (tertiary/aromatic N) is 2. The van der Waals surface area contributed by atoms with Crippen LogP contribution in [0.5, 0.6) is 0 Å². The second-order valence-electron chi connectivity index (χ2n) is 3.60. The van der Waals surface area contributed by atoms with Gasteiger partial charge >= 0.3 is 0 Å². The molecule has 0 unspecified atom stereocenters. The Hall–Kier alpha value is -1.35. The van der Waals surface area contributed by atoms with E-state index in [2.05, 4.69) is 4.98 Å². The van der Waals surface area contributed by atoms with Crippen molar-refractivity contribution in [3.8, 4) is 0 Å². The summed E-state index contributed by atoms with van der Waals surface area (Å²) in [6, 6.07) is 5.84. The molecule has 0 saturated heterocycles. The lowest BCUT2D eigenvalue weighted by Gasteiger charge is -2.05. The molecule has 0 radical (unpaired) electrons. The van der Waals surface area contributed by atoms with Crippen LogP contribution in [0.15, 0.2) is 30.6 Å². The molecule has 66 valence electrons. The predicted molar refractivity (Wildman–Crippen MR) is 48.3 cm³/mol. The van der Waals surface area contributed by atoms with Crippen molar-refractivity contribution < 1.29 is 5.11 Å². The number of rotatable bonds is 1. The summed E-state index contributed by atoms with van der Waals surface area (Å²) in [7, 11) is 0. The van der Waals surface area contributed by atoms with Gasteiger partial charge in [-0.3, -0.25) is 0 Å². The van der Waals surface area contributed by atoms with E-state index in [0.717, 1.165) is 24.2 Å². The van der Waals surface area contributed by atoms with E-state index in [9.17, 15) is 5.11 Å². The van der Waals surface area contributed by atoms with E-state index in [0.29, 0.717) is 0 Å². The molecule has 2 heterocycles. The number of imidazole rings is 1. The largest absolute Gasteiger partial charge is 0.384 e. The number of aliphatic hydroxyl groups is 1. The van der Waals surface area contributed by atoms with Crippen molar-refractivity contribution in [3.05, 3.63) is 36.3 Å². The minimum atomic E-state index is -0.596. The summed E-state index contributed by atoms with van der Waals surface area (Å²) >= 11 is 0. The van der Waals surface area contributed by atoms with Gasteiger partial charge in [-0.1, -0.05) is 6.07 Å². The second-order valence-corrected chi connectivity index (χ2v) is 3.60. The van der Waals surface area contributed by atoms with Gasteiger partial charge in [-0.15, -0.1) is 0 Å². The van der Waals surface area contributed by atoms with E-state index in [1.54, 1.807) is 6.20 Å². The summed E-state index contributed by atoms with van der Waals surface area (Å²) in [5.74, 6) is 0. The third-order valence-electron chi connectivity index (χ3n) is 2.62. The van der Waals surface area contributed by atoms with Gasteiger partial charge in [0.1, 0.15) is 11.2 Å². The first kappa shape index (κ1) is 7.09. The Morgan fingerprint density at radius 2 is 2.23 bits per heavy atom. The van der Waals surface area contributed by atoms with Gasteiger partial charge in [0.25, 0.3) is 0 Å². The Balaban J connectivity index is 2.30. The first-order valence-electron chi connectivity index (χ1n) is 4.45. The molecule has 13 heavy (non-hydrogen) atoms. The molecular formula is C10H10N2O. The first-order valence-corrected chi connectivity index (χ1v) is 4.45. The zero-order chi connectivity index (χ0) is 8.89. The van der Waals surface area contributed by atoms with Gasteiger partial charge in [0.05, 0.1) is 11.9 Å². The van der Waals surface area contributed by atoms with Crippen molar-refractivity contribution in [3.63, 3.8) is 0 Å². The minimum Gasteiger partial charge on any atom is -0.384 e. The number of hydrogen-bond acceptors (Lipinski definition) is 2. The van der Waals surface area contributed by atoms with Crippen LogP contribution in [0.1, 0.15) is 18.5 Å². The fourth-order valence-corrected chi connectivity index (χ4v) is 1.65. The molecule has 0 aromatic carbocycles. The van der Waals surface area contributed by atoms with Crippen LogP contribution in [0.25, 0.3) is 5.65 Å². The highest BCUT2D eigenvalue weighted by atomic mass is 16.3. The summed E-state index contributed by atoms with van der Waals surface area (Å²) in [6.45, 7) is 0. The monoisotopic (exact) mass is 174 g/mol. The summed E-state index contributed by atoms with van der Waals surface area (Å²) in [5, 5.41) is 9.93. The molecule has 0 aliphatic heterocycles. The summed E-state index contributed by atoms with van der Waals surface area (Å²) in [4.78, 5) is 4.23. The average molecular weight is 174 g/mol. The molecule has 1 N–H and O–H groups in total. The van der Waals surface area contributed by atoms with Crippen molar-refractivity contribution in [1.29, 1.82) is 0 Å². The van der Waals surface area contributed by atoms with Crippen molar-refractivity contribution in [2.75, 3.05) is 0 Å². The third-order valence-corrected chi connectivity index (χ3v) is 2.62. The molecule has 3 nitrogen and oxygen atoms in total. The van der Waals surface area contributed by atoms with Crippen molar-refractivity contribution >= 4 is 5.65 Å². The zero-order valence-corrected chi connectivity index (χ0v) is 7.14. The molecule has 3 rings (SSSR count). The number of fused-ring (bicyclic) bond motifs is 1. The van der Waals surface area contributed by atoms with Crippen molar-refractivity contribution in [2.45, 2.75) is 18.4 Å². The third kappa shape index (κ3) is 0.906. The average Bonchev–Trinajstić information content (AvgIpc) is 2.76. The molecule has 1 fully saturated rings. The molecule has 1 saturated carbocycles. The van der Waals surface area contributed by atoms with Gasteiger partial charge in [0.2, 0.25) is 0 Å². The fraction of sp³-hybridized carbons (Fsp3) is 0.300. The lowest BCUT2D eigenvalue weighted by atomic mass is 10.2. The maximum Gasteiger partial charge on any atom is 0.136 e. The number of hydrogen-bond donors (Lipinski definition) is 1. The Morgan fingerprint density at radius 1 is 1.38 bits per heavy atom. The van der Waals surface area contributed by atoms with Gasteiger partial charge in [-0.25, -0.2) is 4.98 Å².